The molecular formula is C51H48N2. The molecule has 0 fully saturated rings. The number of nitrogens with zero attached hydrogens (tertiary/aromatic N) is 2. The van der Waals surface area contributed by atoms with Crippen LogP contribution in [0.1, 0.15) is 61.7 Å². The summed E-state index contributed by atoms with van der Waals surface area (Å²) in [5.41, 5.74) is 16.2. The number of allylic oxidation sites excluding steroid dienone is 11. The number of hydrogen-bond donors (Lipinski definition) is 0. The molecule has 0 saturated carbocycles. The van der Waals surface area contributed by atoms with Gasteiger partial charge in [-0.15, -0.1) is 0 Å². The Balaban J connectivity index is 0.00000214. The Labute approximate surface area is 315 Å². The molecule has 0 saturated heterocycles. The van der Waals surface area contributed by atoms with Gasteiger partial charge < -0.3 is 9.13 Å². The summed E-state index contributed by atoms with van der Waals surface area (Å²) in [6.45, 7) is 14.3. The molecule has 0 radical (unpaired) electrons. The van der Waals surface area contributed by atoms with Crippen LogP contribution in [0.15, 0.2) is 170 Å². The lowest BCUT2D eigenvalue weighted by molar-refractivity contribution is 0.864. The predicted molar refractivity (Wildman–Crippen MR) is 232 cm³/mol. The summed E-state index contributed by atoms with van der Waals surface area (Å²) in [6.07, 6.45) is 27.8. The van der Waals surface area contributed by atoms with Crippen molar-refractivity contribution in [2.45, 2.75) is 46.5 Å². The van der Waals surface area contributed by atoms with Crippen molar-refractivity contribution in [2.75, 3.05) is 0 Å². The number of rotatable bonds is 9. The van der Waals surface area contributed by atoms with Crippen LogP contribution in [-0.2, 0) is 12.8 Å². The molecule has 2 heteroatoms. The first-order chi connectivity index (χ1) is 26.2. The van der Waals surface area contributed by atoms with Crippen LogP contribution in [-0.4, -0.2) is 9.13 Å². The van der Waals surface area contributed by atoms with Gasteiger partial charge >= 0.3 is 0 Å². The van der Waals surface area contributed by atoms with Crippen LogP contribution >= 0.6 is 0 Å². The average Bonchev–Trinajstić information content (AvgIpc) is 3.73. The van der Waals surface area contributed by atoms with Gasteiger partial charge in [0.1, 0.15) is 0 Å². The van der Waals surface area contributed by atoms with Crippen LogP contribution in [0.25, 0.3) is 62.5 Å². The minimum absolute atomic E-state index is 0.934. The Kier molecular flexibility index (Phi) is 10.7. The maximum Gasteiger partial charge on any atom is 0.0538 e. The Bertz CT molecular complexity index is 2480. The van der Waals surface area contributed by atoms with Gasteiger partial charge in [0.2, 0.25) is 0 Å². The first-order valence-corrected chi connectivity index (χ1v) is 19.0. The van der Waals surface area contributed by atoms with E-state index in [2.05, 4.69) is 174 Å². The van der Waals surface area contributed by atoms with Gasteiger partial charge in [-0.25, -0.2) is 0 Å². The molecule has 0 bridgehead atoms. The third-order valence-electron chi connectivity index (χ3n) is 10.3. The summed E-state index contributed by atoms with van der Waals surface area (Å²) in [7, 11) is 0. The van der Waals surface area contributed by atoms with E-state index in [1.54, 1.807) is 0 Å². The van der Waals surface area contributed by atoms with Gasteiger partial charge in [-0.05, 0) is 109 Å². The second-order valence-corrected chi connectivity index (χ2v) is 13.2. The fraction of sp³-hybridized carbons (Fsp3) is 0.137. The molecule has 0 atom stereocenters. The van der Waals surface area contributed by atoms with Crippen LogP contribution in [0.3, 0.4) is 0 Å². The van der Waals surface area contributed by atoms with E-state index in [9.17, 15) is 0 Å². The molecule has 0 N–H and O–H groups in total. The van der Waals surface area contributed by atoms with Crippen molar-refractivity contribution in [3.8, 4) is 16.8 Å². The zero-order valence-corrected chi connectivity index (χ0v) is 31.2. The fourth-order valence-corrected chi connectivity index (χ4v) is 7.82. The summed E-state index contributed by atoms with van der Waals surface area (Å²) in [5, 5.41) is 2.56. The molecule has 2 aliphatic rings. The molecule has 8 rings (SSSR count). The van der Waals surface area contributed by atoms with Crippen molar-refractivity contribution >= 4 is 45.7 Å². The maximum absolute atomic E-state index is 4.14. The van der Waals surface area contributed by atoms with Gasteiger partial charge in [-0.1, -0.05) is 142 Å². The van der Waals surface area contributed by atoms with E-state index in [4.69, 9.17) is 0 Å². The monoisotopic (exact) mass is 688 g/mol. The number of hydrogen-bond acceptors (Lipinski definition) is 0. The van der Waals surface area contributed by atoms with Crippen LogP contribution in [0.2, 0.25) is 0 Å². The van der Waals surface area contributed by atoms with E-state index < -0.39 is 0 Å². The topological polar surface area (TPSA) is 9.86 Å². The minimum Gasteiger partial charge on any atom is -0.320 e. The lowest BCUT2D eigenvalue weighted by Crippen LogP contribution is -2.06. The summed E-state index contributed by atoms with van der Waals surface area (Å²) >= 11 is 0. The second kappa shape index (κ2) is 16.0. The third-order valence-corrected chi connectivity index (χ3v) is 10.3. The van der Waals surface area contributed by atoms with Gasteiger partial charge in [-0.3, -0.25) is 0 Å². The lowest BCUT2D eigenvalue weighted by atomic mass is 9.90. The maximum atomic E-state index is 4.14. The number of para-hydroxylation sites is 1. The molecule has 2 aliphatic carbocycles. The Morgan fingerprint density at radius 1 is 0.698 bits per heavy atom. The molecule has 0 spiro atoms. The highest BCUT2D eigenvalue weighted by atomic mass is 15.0. The predicted octanol–water partition coefficient (Wildman–Crippen LogP) is 14.0. The SMILES string of the molecule is C=C/C=C(\C=C/n1c2c(c3ccccc31)C=CCC2)C1=Cc2c(n(-c3ccc(-c4ccccc4)cc3)c3ccc(/C(C=C)=C/C=C\C)cc23)CC1.CC. The average molecular weight is 689 g/mol. The van der Waals surface area contributed by atoms with E-state index in [1.165, 1.54) is 72.3 Å². The Morgan fingerprint density at radius 2 is 1.47 bits per heavy atom. The number of aromatic nitrogens is 2. The molecule has 0 amide bonds. The summed E-state index contributed by atoms with van der Waals surface area (Å²) in [4.78, 5) is 0. The normalized spacial score (nSPS) is 14.3. The molecule has 2 nitrogen and oxygen atoms in total. The highest BCUT2D eigenvalue weighted by Gasteiger charge is 2.23. The molecule has 0 aliphatic heterocycles. The first-order valence-electron chi connectivity index (χ1n) is 19.0. The molecular weight excluding hydrogens is 641 g/mol. The van der Waals surface area contributed by atoms with E-state index in [-0.39, 0.29) is 0 Å². The van der Waals surface area contributed by atoms with Gasteiger partial charge in [0.15, 0.2) is 0 Å². The quantitative estimate of drug-likeness (QED) is 0.134. The highest BCUT2D eigenvalue weighted by Crippen LogP contribution is 2.40. The van der Waals surface area contributed by atoms with E-state index >= 15 is 0 Å². The third kappa shape index (κ3) is 6.81. The van der Waals surface area contributed by atoms with Crippen molar-refractivity contribution in [1.29, 1.82) is 0 Å². The fourth-order valence-electron chi connectivity index (χ4n) is 7.82. The molecule has 53 heavy (non-hydrogen) atoms. The van der Waals surface area contributed by atoms with E-state index in [0.29, 0.717) is 0 Å². The van der Waals surface area contributed by atoms with Gasteiger partial charge in [-0.2, -0.15) is 0 Å². The van der Waals surface area contributed by atoms with Crippen molar-refractivity contribution in [3.05, 3.63) is 198 Å². The van der Waals surface area contributed by atoms with E-state index in [1.807, 2.05) is 32.9 Å². The summed E-state index contributed by atoms with van der Waals surface area (Å²) in [5.74, 6) is 0. The number of benzene rings is 4. The smallest absolute Gasteiger partial charge is 0.0538 e. The van der Waals surface area contributed by atoms with Crippen LogP contribution in [0.4, 0.5) is 0 Å². The highest BCUT2D eigenvalue weighted by molar-refractivity contribution is 5.97. The molecule has 262 valence electrons. The standard InChI is InChI=1S/C49H42N2.C2H6/c1-4-7-16-35(6-3)39-25-29-48-44(33-39)45-34-40(26-30-49(45)51(48)41-27-23-38(24-28-41)37-17-9-8-10-18-37)36(15-5-2)31-32-50-46-21-13-11-19-42(46)43-20-12-14-22-47(43)50;1-2/h4-13,15-21,23-25,27-29,31-34H,2-3,14,22,26,30H2,1H3;1-2H3/b7-4-,32-31-,35-16+,36-15+;. The zero-order valence-electron chi connectivity index (χ0n) is 31.2. The Morgan fingerprint density at radius 3 is 2.25 bits per heavy atom. The van der Waals surface area contributed by atoms with Gasteiger partial charge in [0, 0.05) is 45.2 Å². The van der Waals surface area contributed by atoms with Crippen LogP contribution in [0, 0.1) is 0 Å². The lowest BCUT2D eigenvalue weighted by Gasteiger charge is -2.18. The summed E-state index contributed by atoms with van der Waals surface area (Å²) in [6, 6.07) is 35.2. The van der Waals surface area contributed by atoms with Crippen molar-refractivity contribution in [3.63, 3.8) is 0 Å². The zero-order chi connectivity index (χ0) is 36.7. The van der Waals surface area contributed by atoms with Gasteiger partial charge in [0.25, 0.3) is 0 Å². The molecule has 2 heterocycles. The van der Waals surface area contributed by atoms with Crippen LogP contribution in [0.5, 0.6) is 0 Å². The molecule has 6 aromatic rings. The van der Waals surface area contributed by atoms with Gasteiger partial charge in [0.05, 0.1) is 11.0 Å². The van der Waals surface area contributed by atoms with Crippen molar-refractivity contribution < 1.29 is 0 Å². The van der Waals surface area contributed by atoms with E-state index in [0.717, 1.165) is 36.8 Å². The van der Waals surface area contributed by atoms with Crippen molar-refractivity contribution in [2.24, 2.45) is 0 Å². The second-order valence-electron chi connectivity index (χ2n) is 13.2. The van der Waals surface area contributed by atoms with Crippen LogP contribution < -0.4 is 0 Å². The largest absolute Gasteiger partial charge is 0.320 e. The molecule has 2 aromatic heterocycles. The minimum atomic E-state index is 0.934. The molecule has 4 aromatic carbocycles. The number of fused-ring (bicyclic) bond motifs is 6. The summed E-state index contributed by atoms with van der Waals surface area (Å²) < 4.78 is 4.86. The Hall–Kier alpha value is -6.12. The van der Waals surface area contributed by atoms with Crippen molar-refractivity contribution in [1.82, 2.24) is 9.13 Å². The first kappa shape index (κ1) is 35.3. The molecule has 0 unspecified atom stereocenters.